The molecule has 1 atom stereocenters. The lowest BCUT2D eigenvalue weighted by atomic mass is 10.1. The number of aromatic nitrogens is 4. The molecule has 0 aliphatic carbocycles. The highest BCUT2D eigenvalue weighted by Crippen LogP contribution is 2.25. The number of alkyl halides is 3. The van der Waals surface area contributed by atoms with Crippen LogP contribution in [0.4, 0.5) is 13.2 Å². The second-order valence-electron chi connectivity index (χ2n) is 5.32. The van der Waals surface area contributed by atoms with Crippen LogP contribution in [0, 0.1) is 13.8 Å². The van der Waals surface area contributed by atoms with Gasteiger partial charge >= 0.3 is 6.18 Å². The first-order chi connectivity index (χ1) is 11.1. The Balaban J connectivity index is 2.19. The van der Waals surface area contributed by atoms with Crippen molar-refractivity contribution < 1.29 is 23.1 Å². The molecule has 0 aliphatic heterocycles. The molecular weight excluding hydrogens is 327 g/mol. The van der Waals surface area contributed by atoms with Gasteiger partial charge in [0.15, 0.2) is 5.75 Å². The number of aromatic hydroxyl groups is 1. The van der Waals surface area contributed by atoms with Gasteiger partial charge in [0.25, 0.3) is 5.91 Å². The summed E-state index contributed by atoms with van der Waals surface area (Å²) in [6, 6.07) is -0.586. The van der Waals surface area contributed by atoms with Gasteiger partial charge in [0.05, 0.1) is 24.1 Å². The first-order valence-electron chi connectivity index (χ1n) is 7.01. The van der Waals surface area contributed by atoms with E-state index in [-0.39, 0.29) is 11.6 Å². The van der Waals surface area contributed by atoms with E-state index >= 15 is 0 Å². The number of amides is 1. The fourth-order valence-electron chi connectivity index (χ4n) is 2.43. The molecule has 2 heterocycles. The largest absolute Gasteiger partial charge is 0.505 e. The Morgan fingerprint density at radius 3 is 2.46 bits per heavy atom. The molecule has 2 N–H and O–H groups in total. The van der Waals surface area contributed by atoms with E-state index in [0.29, 0.717) is 17.0 Å². The molecule has 2 aromatic heterocycles. The van der Waals surface area contributed by atoms with E-state index in [1.165, 1.54) is 6.92 Å². The van der Waals surface area contributed by atoms with E-state index < -0.39 is 24.7 Å². The maximum Gasteiger partial charge on any atom is 0.408 e. The predicted molar refractivity (Wildman–Crippen MR) is 77.3 cm³/mol. The molecule has 0 saturated heterocycles. The quantitative estimate of drug-likeness (QED) is 0.886. The summed E-state index contributed by atoms with van der Waals surface area (Å²) >= 11 is 0. The SMILES string of the molecule is Cc1nn(CC(F)(F)F)c(C)c1C(C)NC(=O)c1ncc(O)cn1. The molecule has 2 rings (SSSR count). The summed E-state index contributed by atoms with van der Waals surface area (Å²) in [4.78, 5) is 19.4. The van der Waals surface area contributed by atoms with Crippen molar-refractivity contribution in [1.29, 1.82) is 0 Å². The molecule has 0 aliphatic rings. The van der Waals surface area contributed by atoms with Crippen molar-refractivity contribution in [3.05, 3.63) is 35.2 Å². The summed E-state index contributed by atoms with van der Waals surface area (Å²) < 4.78 is 38.5. The highest BCUT2D eigenvalue weighted by Gasteiger charge is 2.31. The minimum Gasteiger partial charge on any atom is -0.505 e. The topological polar surface area (TPSA) is 92.9 Å². The molecule has 130 valence electrons. The standard InChI is InChI=1S/C14H16F3N5O2/c1-7(20-13(24)12-18-4-10(23)5-19-12)11-8(2)21-22(9(11)3)6-14(15,16)17/h4-5,7,23H,6H2,1-3H3,(H,20,24). The number of carbonyl (C=O) groups is 1. The van der Waals surface area contributed by atoms with E-state index in [2.05, 4.69) is 20.4 Å². The Hall–Kier alpha value is -2.65. The maximum absolute atomic E-state index is 12.6. The van der Waals surface area contributed by atoms with Gasteiger partial charge in [0, 0.05) is 11.3 Å². The zero-order valence-electron chi connectivity index (χ0n) is 13.2. The van der Waals surface area contributed by atoms with Crippen molar-refractivity contribution >= 4 is 5.91 Å². The summed E-state index contributed by atoms with van der Waals surface area (Å²) in [6.45, 7) is 3.53. The molecule has 0 radical (unpaired) electrons. The van der Waals surface area contributed by atoms with Gasteiger partial charge in [0.2, 0.25) is 5.82 Å². The summed E-state index contributed by atoms with van der Waals surface area (Å²) in [5, 5.41) is 15.6. The van der Waals surface area contributed by atoms with E-state index in [1.54, 1.807) is 13.8 Å². The number of halogens is 3. The van der Waals surface area contributed by atoms with Gasteiger partial charge < -0.3 is 10.4 Å². The average Bonchev–Trinajstić information content (AvgIpc) is 2.71. The fraction of sp³-hybridized carbons (Fsp3) is 0.429. The van der Waals surface area contributed by atoms with Crippen molar-refractivity contribution in [3.8, 4) is 5.75 Å². The number of hydrogen-bond donors (Lipinski definition) is 2. The lowest BCUT2D eigenvalue weighted by Crippen LogP contribution is -2.29. The minimum atomic E-state index is -4.38. The second kappa shape index (κ2) is 6.46. The molecular formula is C14H16F3N5O2. The Bertz CT molecular complexity index is 740. The number of hydrogen-bond acceptors (Lipinski definition) is 5. The van der Waals surface area contributed by atoms with Gasteiger partial charge in [-0.3, -0.25) is 9.48 Å². The van der Waals surface area contributed by atoms with Crippen molar-refractivity contribution in [2.45, 2.75) is 39.5 Å². The van der Waals surface area contributed by atoms with Crippen LogP contribution in [0.5, 0.6) is 5.75 Å². The normalized spacial score (nSPS) is 12.9. The van der Waals surface area contributed by atoms with Crippen molar-refractivity contribution in [2.75, 3.05) is 0 Å². The van der Waals surface area contributed by atoms with Crippen LogP contribution in [0.3, 0.4) is 0 Å². The van der Waals surface area contributed by atoms with Crippen molar-refractivity contribution in [2.24, 2.45) is 0 Å². The Morgan fingerprint density at radius 2 is 1.92 bits per heavy atom. The average molecular weight is 343 g/mol. The third-order valence-electron chi connectivity index (χ3n) is 3.39. The molecule has 1 unspecified atom stereocenters. The molecule has 0 spiro atoms. The number of rotatable bonds is 4. The Kier molecular flexibility index (Phi) is 4.76. The molecule has 7 nitrogen and oxygen atoms in total. The summed E-state index contributed by atoms with van der Waals surface area (Å²) in [6.07, 6.45) is -2.23. The van der Waals surface area contributed by atoms with Gasteiger partial charge in [-0.05, 0) is 20.8 Å². The van der Waals surface area contributed by atoms with Gasteiger partial charge in [-0.25, -0.2) is 9.97 Å². The Labute approximate surface area is 135 Å². The predicted octanol–water partition coefficient (Wildman–Crippen LogP) is 2.05. The number of carbonyl (C=O) groups excluding carboxylic acids is 1. The number of aryl methyl sites for hydroxylation is 1. The molecule has 0 saturated carbocycles. The van der Waals surface area contributed by atoms with Gasteiger partial charge in [0.1, 0.15) is 6.54 Å². The molecule has 0 bridgehead atoms. The Morgan fingerprint density at radius 1 is 1.33 bits per heavy atom. The molecule has 2 aromatic rings. The van der Waals surface area contributed by atoms with E-state index in [4.69, 9.17) is 5.11 Å². The van der Waals surface area contributed by atoms with Gasteiger partial charge in [-0.15, -0.1) is 0 Å². The van der Waals surface area contributed by atoms with Crippen LogP contribution in [0.15, 0.2) is 12.4 Å². The van der Waals surface area contributed by atoms with Gasteiger partial charge in [-0.2, -0.15) is 18.3 Å². The molecule has 24 heavy (non-hydrogen) atoms. The lowest BCUT2D eigenvalue weighted by molar-refractivity contribution is -0.143. The zero-order valence-corrected chi connectivity index (χ0v) is 13.2. The fourth-order valence-corrected chi connectivity index (χ4v) is 2.43. The number of nitrogens with zero attached hydrogens (tertiary/aromatic N) is 4. The lowest BCUT2D eigenvalue weighted by Gasteiger charge is -2.15. The third kappa shape index (κ3) is 4.00. The van der Waals surface area contributed by atoms with Crippen LogP contribution >= 0.6 is 0 Å². The van der Waals surface area contributed by atoms with Crippen LogP contribution in [-0.2, 0) is 6.54 Å². The second-order valence-corrected chi connectivity index (χ2v) is 5.32. The highest BCUT2D eigenvalue weighted by molar-refractivity contribution is 5.90. The summed E-state index contributed by atoms with van der Waals surface area (Å²) in [5.41, 5.74) is 1.23. The zero-order chi connectivity index (χ0) is 18.1. The molecule has 0 fully saturated rings. The molecule has 1 amide bonds. The van der Waals surface area contributed by atoms with E-state index in [1.807, 2.05) is 0 Å². The summed E-state index contributed by atoms with van der Waals surface area (Å²) in [7, 11) is 0. The molecule has 0 aromatic carbocycles. The minimum absolute atomic E-state index is 0.155. The molecule has 10 heteroatoms. The third-order valence-corrected chi connectivity index (χ3v) is 3.39. The first-order valence-corrected chi connectivity index (χ1v) is 7.01. The van der Waals surface area contributed by atoms with Crippen molar-refractivity contribution in [1.82, 2.24) is 25.1 Å². The first kappa shape index (κ1) is 17.7. The van der Waals surface area contributed by atoms with E-state index in [0.717, 1.165) is 17.1 Å². The van der Waals surface area contributed by atoms with Crippen LogP contribution in [0.2, 0.25) is 0 Å². The van der Waals surface area contributed by atoms with Crippen molar-refractivity contribution in [3.63, 3.8) is 0 Å². The monoisotopic (exact) mass is 343 g/mol. The van der Waals surface area contributed by atoms with Gasteiger partial charge in [-0.1, -0.05) is 0 Å². The van der Waals surface area contributed by atoms with Crippen LogP contribution in [-0.4, -0.2) is 36.9 Å². The summed E-state index contributed by atoms with van der Waals surface area (Å²) in [5.74, 6) is -0.942. The smallest absolute Gasteiger partial charge is 0.408 e. The van der Waals surface area contributed by atoms with Crippen LogP contribution in [0.25, 0.3) is 0 Å². The maximum atomic E-state index is 12.6. The van der Waals surface area contributed by atoms with Crippen LogP contribution in [0.1, 0.15) is 40.5 Å². The number of nitrogens with one attached hydrogen (secondary N) is 1. The highest BCUT2D eigenvalue weighted by atomic mass is 19.4. The van der Waals surface area contributed by atoms with E-state index in [9.17, 15) is 18.0 Å². The van der Waals surface area contributed by atoms with Crippen LogP contribution < -0.4 is 5.32 Å².